The van der Waals surface area contributed by atoms with Gasteiger partial charge in [0.25, 0.3) is 0 Å². The highest BCUT2D eigenvalue weighted by Gasteiger charge is 2.18. The van der Waals surface area contributed by atoms with E-state index in [-0.39, 0.29) is 5.76 Å². The third kappa shape index (κ3) is 3.42. The molecule has 0 radical (unpaired) electrons. The van der Waals surface area contributed by atoms with Crippen molar-refractivity contribution >= 4 is 11.7 Å². The molecule has 0 aliphatic rings. The molecule has 0 saturated carbocycles. The van der Waals surface area contributed by atoms with Crippen LogP contribution >= 0.6 is 0 Å². The number of rotatable bonds is 5. The van der Waals surface area contributed by atoms with Crippen molar-refractivity contribution < 1.29 is 14.3 Å². The molecule has 1 atom stereocenters. The van der Waals surface area contributed by atoms with Crippen LogP contribution in [0.25, 0.3) is 0 Å². The zero-order valence-electron chi connectivity index (χ0n) is 11.9. The zero-order chi connectivity index (χ0) is 15.4. The molecule has 1 aromatic carbocycles. The SMILES string of the molecule is CN(C)c1cccc(CC(C#N)c2ccc(C(=O)O)o2)c1. The highest BCUT2D eigenvalue weighted by atomic mass is 16.4. The van der Waals surface area contributed by atoms with Gasteiger partial charge >= 0.3 is 5.97 Å². The van der Waals surface area contributed by atoms with Gasteiger partial charge in [-0.2, -0.15) is 5.26 Å². The second kappa shape index (κ2) is 6.14. The van der Waals surface area contributed by atoms with Crippen LogP contribution in [-0.2, 0) is 6.42 Å². The van der Waals surface area contributed by atoms with Crippen molar-refractivity contribution in [3.63, 3.8) is 0 Å². The van der Waals surface area contributed by atoms with Crippen molar-refractivity contribution in [2.45, 2.75) is 12.3 Å². The van der Waals surface area contributed by atoms with Gasteiger partial charge in [-0.1, -0.05) is 12.1 Å². The number of carboxylic acid groups (broad SMARTS) is 1. The standard InChI is InChI=1S/C16H16N2O3/c1-18(2)13-5-3-4-11(9-13)8-12(10-17)14-6-7-15(21-14)16(19)20/h3-7,9,12H,8H2,1-2H3,(H,19,20). The van der Waals surface area contributed by atoms with Gasteiger partial charge in [-0.15, -0.1) is 0 Å². The molecule has 0 saturated heterocycles. The number of hydrogen-bond donors (Lipinski definition) is 1. The lowest BCUT2D eigenvalue weighted by atomic mass is 9.98. The zero-order valence-corrected chi connectivity index (χ0v) is 11.9. The molecular formula is C16H16N2O3. The van der Waals surface area contributed by atoms with E-state index in [9.17, 15) is 10.1 Å². The average molecular weight is 284 g/mol. The first-order valence-electron chi connectivity index (χ1n) is 6.50. The van der Waals surface area contributed by atoms with Gasteiger partial charge in [0, 0.05) is 19.8 Å². The van der Waals surface area contributed by atoms with Gasteiger partial charge in [0.05, 0.1) is 6.07 Å². The van der Waals surface area contributed by atoms with Crippen LogP contribution in [0.5, 0.6) is 0 Å². The third-order valence-electron chi connectivity index (χ3n) is 3.20. The highest BCUT2D eigenvalue weighted by molar-refractivity contribution is 5.84. The predicted molar refractivity (Wildman–Crippen MR) is 78.5 cm³/mol. The van der Waals surface area contributed by atoms with Crippen molar-refractivity contribution in [2.75, 3.05) is 19.0 Å². The Bertz CT molecular complexity index is 683. The van der Waals surface area contributed by atoms with Crippen LogP contribution in [0.15, 0.2) is 40.8 Å². The Morgan fingerprint density at radius 3 is 2.71 bits per heavy atom. The molecule has 108 valence electrons. The van der Waals surface area contributed by atoms with Gasteiger partial charge in [0.2, 0.25) is 5.76 Å². The summed E-state index contributed by atoms with van der Waals surface area (Å²) < 4.78 is 5.22. The van der Waals surface area contributed by atoms with E-state index in [0.29, 0.717) is 12.2 Å². The van der Waals surface area contributed by atoms with Gasteiger partial charge in [-0.3, -0.25) is 0 Å². The molecule has 0 amide bonds. The molecule has 1 aromatic heterocycles. The summed E-state index contributed by atoms with van der Waals surface area (Å²) >= 11 is 0. The predicted octanol–water partition coefficient (Wildman–Crippen LogP) is 2.89. The molecule has 5 nitrogen and oxygen atoms in total. The summed E-state index contributed by atoms with van der Waals surface area (Å²) in [6.07, 6.45) is 0.477. The van der Waals surface area contributed by atoms with Crippen LogP contribution < -0.4 is 4.90 Å². The Labute approximate surface area is 123 Å². The monoisotopic (exact) mass is 284 g/mol. The summed E-state index contributed by atoms with van der Waals surface area (Å²) in [7, 11) is 3.90. The van der Waals surface area contributed by atoms with E-state index in [1.807, 2.05) is 43.3 Å². The first kappa shape index (κ1) is 14.7. The van der Waals surface area contributed by atoms with E-state index in [4.69, 9.17) is 9.52 Å². The largest absolute Gasteiger partial charge is 0.475 e. The van der Waals surface area contributed by atoms with Gasteiger partial charge in [0.15, 0.2) is 0 Å². The molecule has 0 aliphatic heterocycles. The minimum absolute atomic E-state index is 0.146. The van der Waals surface area contributed by atoms with Crippen LogP contribution in [0.4, 0.5) is 5.69 Å². The van der Waals surface area contributed by atoms with E-state index in [2.05, 4.69) is 6.07 Å². The number of nitriles is 1. The summed E-state index contributed by atoms with van der Waals surface area (Å²) in [5, 5.41) is 18.2. The summed E-state index contributed by atoms with van der Waals surface area (Å²) in [6, 6.07) is 13.0. The topological polar surface area (TPSA) is 77.5 Å². The second-order valence-corrected chi connectivity index (χ2v) is 4.96. The number of aromatic carboxylic acids is 1. The molecule has 0 bridgehead atoms. The molecule has 0 fully saturated rings. The quantitative estimate of drug-likeness (QED) is 0.913. The lowest BCUT2D eigenvalue weighted by molar-refractivity contribution is 0.0660. The average Bonchev–Trinajstić information content (AvgIpc) is 2.95. The van der Waals surface area contributed by atoms with Crippen LogP contribution in [0, 0.1) is 11.3 Å². The summed E-state index contributed by atoms with van der Waals surface area (Å²) in [5.41, 5.74) is 2.05. The highest BCUT2D eigenvalue weighted by Crippen LogP contribution is 2.24. The van der Waals surface area contributed by atoms with Crippen LogP contribution in [0.1, 0.15) is 27.8 Å². The van der Waals surface area contributed by atoms with E-state index in [1.165, 1.54) is 6.07 Å². The lowest BCUT2D eigenvalue weighted by Crippen LogP contribution is -2.09. The Balaban J connectivity index is 2.21. The molecule has 0 spiro atoms. The summed E-state index contributed by atoms with van der Waals surface area (Å²) in [5.74, 6) is -1.40. The van der Waals surface area contributed by atoms with Gasteiger partial charge < -0.3 is 14.4 Å². The first-order valence-corrected chi connectivity index (χ1v) is 6.50. The summed E-state index contributed by atoms with van der Waals surface area (Å²) in [6.45, 7) is 0. The fourth-order valence-electron chi connectivity index (χ4n) is 2.06. The molecule has 5 heteroatoms. The fourth-order valence-corrected chi connectivity index (χ4v) is 2.06. The number of nitrogens with zero attached hydrogens (tertiary/aromatic N) is 2. The Morgan fingerprint density at radius 1 is 1.38 bits per heavy atom. The number of carbonyl (C=O) groups is 1. The molecule has 0 aliphatic carbocycles. The van der Waals surface area contributed by atoms with Crippen LogP contribution in [-0.4, -0.2) is 25.2 Å². The maximum atomic E-state index is 10.8. The summed E-state index contributed by atoms with van der Waals surface area (Å²) in [4.78, 5) is 12.8. The van der Waals surface area contributed by atoms with E-state index in [1.54, 1.807) is 6.07 Å². The normalized spacial score (nSPS) is 11.7. The third-order valence-corrected chi connectivity index (χ3v) is 3.20. The molecule has 1 heterocycles. The van der Waals surface area contributed by atoms with Crippen molar-refractivity contribution in [3.05, 3.63) is 53.5 Å². The second-order valence-electron chi connectivity index (χ2n) is 4.96. The lowest BCUT2D eigenvalue weighted by Gasteiger charge is -2.14. The van der Waals surface area contributed by atoms with Crippen molar-refractivity contribution in [1.82, 2.24) is 0 Å². The fraction of sp³-hybridized carbons (Fsp3) is 0.250. The molecule has 2 aromatic rings. The Hall–Kier alpha value is -2.74. The number of carboxylic acids is 1. The number of anilines is 1. The molecule has 1 N–H and O–H groups in total. The Morgan fingerprint density at radius 2 is 2.14 bits per heavy atom. The molecule has 2 rings (SSSR count). The minimum atomic E-state index is -1.13. The van der Waals surface area contributed by atoms with E-state index < -0.39 is 11.9 Å². The van der Waals surface area contributed by atoms with Gasteiger partial charge in [0.1, 0.15) is 11.7 Å². The van der Waals surface area contributed by atoms with Crippen LogP contribution in [0.2, 0.25) is 0 Å². The Kier molecular flexibility index (Phi) is 4.29. The number of hydrogen-bond acceptors (Lipinski definition) is 4. The van der Waals surface area contributed by atoms with E-state index >= 15 is 0 Å². The minimum Gasteiger partial charge on any atom is -0.475 e. The van der Waals surface area contributed by atoms with Crippen molar-refractivity contribution in [2.24, 2.45) is 0 Å². The van der Waals surface area contributed by atoms with E-state index in [0.717, 1.165) is 11.3 Å². The first-order chi connectivity index (χ1) is 10.0. The van der Waals surface area contributed by atoms with Gasteiger partial charge in [-0.05, 0) is 36.2 Å². The smallest absolute Gasteiger partial charge is 0.371 e. The van der Waals surface area contributed by atoms with Crippen molar-refractivity contribution in [3.8, 4) is 6.07 Å². The molecule has 1 unspecified atom stereocenters. The van der Waals surface area contributed by atoms with Crippen LogP contribution in [0.3, 0.4) is 0 Å². The maximum Gasteiger partial charge on any atom is 0.371 e. The maximum absolute atomic E-state index is 10.8. The number of benzene rings is 1. The molecule has 21 heavy (non-hydrogen) atoms. The van der Waals surface area contributed by atoms with Crippen molar-refractivity contribution in [1.29, 1.82) is 5.26 Å². The van der Waals surface area contributed by atoms with Gasteiger partial charge in [-0.25, -0.2) is 4.79 Å². The molecular weight excluding hydrogens is 268 g/mol. The number of furan rings is 1.